The van der Waals surface area contributed by atoms with E-state index in [0.29, 0.717) is 29.4 Å². The normalized spacial score (nSPS) is 16.3. The van der Waals surface area contributed by atoms with Gasteiger partial charge in [-0.15, -0.1) is 0 Å². The number of nitrogens with zero attached hydrogens (tertiary/aromatic N) is 2. The van der Waals surface area contributed by atoms with Crippen molar-refractivity contribution in [3.8, 4) is 0 Å². The first-order chi connectivity index (χ1) is 35.0. The molecule has 1 aliphatic heterocycles. The van der Waals surface area contributed by atoms with Crippen LogP contribution in [-0.2, 0) is 57.5 Å². The van der Waals surface area contributed by atoms with Gasteiger partial charge in [-0.25, -0.2) is 14.9 Å². The molecular weight excluding hydrogens is 987 g/mol. The number of hydrogen-bond donors (Lipinski definition) is 16. The molecule has 1 aliphatic rings. The van der Waals surface area contributed by atoms with Gasteiger partial charge in [-0.1, -0.05) is 51.5 Å². The summed E-state index contributed by atoms with van der Waals surface area (Å²) in [5.41, 5.74) is 4.71. The topological polar surface area (TPSA) is 475 Å². The Labute approximate surface area is 425 Å². The zero-order valence-electron chi connectivity index (χ0n) is 41.6. The van der Waals surface area contributed by atoms with Crippen LogP contribution < -0.4 is 48.3 Å². The molecule has 17 N–H and O–H groups in total. The number of nitrogens with one attached hydrogen (secondary N) is 8. The quantitative estimate of drug-likeness (QED) is 0.0122. The van der Waals surface area contributed by atoms with Gasteiger partial charge in [-0.2, -0.15) is 0 Å². The molecule has 30 heteroatoms. The Morgan fingerprint density at radius 3 is 1.74 bits per heavy atom. The fourth-order valence-electron chi connectivity index (χ4n) is 6.99. The second kappa shape index (κ2) is 34.5. The van der Waals surface area contributed by atoms with Crippen molar-refractivity contribution in [3.05, 3.63) is 11.8 Å². The summed E-state index contributed by atoms with van der Waals surface area (Å²) in [6.45, 7) is 0.604. The molecule has 11 amide bonds. The number of hydroxylamine groups is 4. The number of aliphatic carboxylic acids is 1. The highest BCUT2D eigenvalue weighted by molar-refractivity contribution is 6.02. The number of hydrogen-bond acceptors (Lipinski definition) is 18. The fourth-order valence-corrected chi connectivity index (χ4v) is 6.99. The van der Waals surface area contributed by atoms with E-state index in [0.717, 1.165) is 45.1 Å². The summed E-state index contributed by atoms with van der Waals surface area (Å²) in [4.78, 5) is 154. The molecule has 0 aromatic carbocycles. The lowest BCUT2D eigenvalue weighted by Gasteiger charge is -2.29. The van der Waals surface area contributed by atoms with Gasteiger partial charge < -0.3 is 73.8 Å². The van der Waals surface area contributed by atoms with Crippen LogP contribution >= 0.6 is 0 Å². The molecule has 1 heterocycles. The van der Waals surface area contributed by atoms with E-state index < -0.39 is 164 Å². The number of allylic oxidation sites excluding steroid dienone is 1. The molecular formula is C44H73N11O19. The van der Waals surface area contributed by atoms with Gasteiger partial charge in [-0.3, -0.25) is 63.2 Å². The second-order valence-corrected chi connectivity index (χ2v) is 17.2. The molecule has 1 fully saturated rings. The van der Waals surface area contributed by atoms with Crippen molar-refractivity contribution in [1.29, 1.82) is 0 Å². The van der Waals surface area contributed by atoms with Crippen LogP contribution in [0.1, 0.15) is 111 Å². The van der Waals surface area contributed by atoms with Crippen molar-refractivity contribution >= 4 is 70.9 Å². The van der Waals surface area contributed by atoms with E-state index >= 15 is 0 Å². The monoisotopic (exact) mass is 1060 g/mol. The molecule has 8 atom stereocenters. The second-order valence-electron chi connectivity index (χ2n) is 17.2. The lowest BCUT2D eigenvalue weighted by molar-refractivity contribution is -0.173. The zero-order valence-corrected chi connectivity index (χ0v) is 41.6. The van der Waals surface area contributed by atoms with Gasteiger partial charge in [0.1, 0.15) is 48.0 Å². The average molecular weight is 1060 g/mol. The number of rotatable bonds is 35. The predicted molar refractivity (Wildman–Crippen MR) is 252 cm³/mol. The Balaban J connectivity index is 3.25. The number of primary amides is 1. The van der Waals surface area contributed by atoms with Gasteiger partial charge in [-0.05, 0) is 45.4 Å². The average Bonchev–Trinajstić information content (AvgIpc) is 3.35. The van der Waals surface area contributed by atoms with Crippen LogP contribution in [0.4, 0.5) is 0 Å². The van der Waals surface area contributed by atoms with Crippen LogP contribution in [0.5, 0.6) is 0 Å². The highest BCUT2D eigenvalue weighted by atomic mass is 16.5. The summed E-state index contributed by atoms with van der Waals surface area (Å²) in [6, 6.07) is -12.5. The maximum atomic E-state index is 13.7. The van der Waals surface area contributed by atoms with Gasteiger partial charge >= 0.3 is 5.97 Å². The highest BCUT2D eigenvalue weighted by Crippen LogP contribution is 2.12. The molecule has 0 saturated carbocycles. The molecule has 0 spiro atoms. The van der Waals surface area contributed by atoms with Gasteiger partial charge in [0.05, 0.1) is 19.8 Å². The number of amides is 11. The summed E-state index contributed by atoms with van der Waals surface area (Å²) in [7, 11) is 0. The maximum Gasteiger partial charge on any atom is 0.335 e. The number of carboxylic acid groups (broad SMARTS) is 1. The largest absolute Gasteiger partial charge is 0.479 e. The molecule has 0 unspecified atom stereocenters. The number of carboxylic acids is 1. The predicted octanol–water partition coefficient (Wildman–Crippen LogP) is -5.74. The first-order valence-corrected chi connectivity index (χ1v) is 24.0. The van der Waals surface area contributed by atoms with E-state index in [1.807, 2.05) is 5.32 Å². The maximum absolute atomic E-state index is 13.7. The minimum absolute atomic E-state index is 0.0232. The van der Waals surface area contributed by atoms with E-state index in [1.165, 1.54) is 6.92 Å². The number of carbonyl (C=O) groups is 12. The third kappa shape index (κ3) is 23.3. The van der Waals surface area contributed by atoms with E-state index in [1.54, 1.807) is 0 Å². The van der Waals surface area contributed by atoms with Crippen LogP contribution in [0.2, 0.25) is 0 Å². The van der Waals surface area contributed by atoms with Gasteiger partial charge in [0.25, 0.3) is 11.8 Å². The van der Waals surface area contributed by atoms with Crippen molar-refractivity contribution in [2.45, 2.75) is 159 Å². The first-order valence-electron chi connectivity index (χ1n) is 24.0. The van der Waals surface area contributed by atoms with Crippen LogP contribution in [0, 0.1) is 0 Å². The number of aliphatic hydroxyl groups excluding tert-OH is 4. The summed E-state index contributed by atoms with van der Waals surface area (Å²) in [6.07, 6.45) is 2.97. The molecule has 74 heavy (non-hydrogen) atoms. The first kappa shape index (κ1) is 65.2. The summed E-state index contributed by atoms with van der Waals surface area (Å²) < 4.78 is 0. The SMILES string of the molecule is C/C=C(\NC(=O)[C@H](CCCN(O)C(C)=O)NC(=O)[C@@H](CO)NC(=O)[C@H](CCC(N)=O)NC(=O)[C@H](CO)NC(=O)[C@H](NC(=O)CCCCCCCCC)[C@@H](O)C(=O)O)C(=O)N[C@H](CO)C(=O)N[C@@H]1CCCN(O)C1=O. The van der Waals surface area contributed by atoms with Crippen LogP contribution in [0.3, 0.4) is 0 Å². The molecule has 0 bridgehead atoms. The smallest absolute Gasteiger partial charge is 0.335 e. The summed E-state index contributed by atoms with van der Waals surface area (Å²) in [5.74, 6) is -14.0. The van der Waals surface area contributed by atoms with E-state index in [9.17, 15) is 93.5 Å². The standard InChI is InChI=1S/C44H73N11O19/c1-4-6-7-8-9-10-11-16-33(61)53-34(35(62)44(71)72)42(69)52-31(23-58)40(67)48-27(17-18-32(45)60)38(65)51-29(21-56)39(66)47-26(14-12-19-54(73)24(3)59)37(64)46-25(5-2)36(63)50-30(22-57)41(68)49-28-15-13-20-55(74)43(28)70/h5,26-31,34-35,56-58,62,73-74H,4,6-23H2,1-3H3,(H2,45,60)(H,46,64)(H,47,66)(H,48,67)(H,49,68)(H,50,63)(H,51,65)(H,52,69)(H,53,61)(H,71,72)/b25-5-/t26-,27-,28+,29+,30+,31-,34+,35+/m0/s1. The Hall–Kier alpha value is -6.86. The van der Waals surface area contributed by atoms with Gasteiger partial charge in [0, 0.05) is 32.9 Å². The Kier molecular flexibility index (Phi) is 30.4. The lowest BCUT2D eigenvalue weighted by atomic mass is 10.1. The minimum atomic E-state index is -2.52. The molecule has 418 valence electrons. The number of unbranched alkanes of at least 4 members (excludes halogenated alkanes) is 6. The van der Waals surface area contributed by atoms with Crippen molar-refractivity contribution in [2.75, 3.05) is 32.9 Å². The van der Waals surface area contributed by atoms with Gasteiger partial charge in [0.2, 0.25) is 53.2 Å². The Morgan fingerprint density at radius 1 is 0.703 bits per heavy atom. The van der Waals surface area contributed by atoms with Crippen molar-refractivity contribution < 1.29 is 93.5 Å². The molecule has 0 aliphatic carbocycles. The molecule has 30 nitrogen and oxygen atoms in total. The van der Waals surface area contributed by atoms with Gasteiger partial charge in [0.15, 0.2) is 6.10 Å². The molecule has 0 aromatic heterocycles. The Bertz CT molecular complexity index is 1990. The minimum Gasteiger partial charge on any atom is -0.479 e. The van der Waals surface area contributed by atoms with Crippen molar-refractivity contribution in [2.24, 2.45) is 5.73 Å². The third-order valence-electron chi connectivity index (χ3n) is 11.3. The van der Waals surface area contributed by atoms with Crippen LogP contribution in [-0.4, -0.2) is 198 Å². The number of nitrogens with two attached hydrogens (primary N) is 1. The summed E-state index contributed by atoms with van der Waals surface area (Å²) in [5, 5.41) is 87.4. The number of piperidine rings is 1. The van der Waals surface area contributed by atoms with Crippen LogP contribution in [0.15, 0.2) is 11.8 Å². The highest BCUT2D eigenvalue weighted by Gasteiger charge is 2.37. The van der Waals surface area contributed by atoms with Crippen molar-refractivity contribution in [3.63, 3.8) is 0 Å². The molecule has 1 rings (SSSR count). The Morgan fingerprint density at radius 2 is 1.22 bits per heavy atom. The zero-order chi connectivity index (χ0) is 56.1. The van der Waals surface area contributed by atoms with E-state index in [2.05, 4.69) is 44.1 Å². The number of aliphatic hydroxyl groups is 4. The fraction of sp³-hybridized carbons (Fsp3) is 0.682. The van der Waals surface area contributed by atoms with E-state index in [4.69, 9.17) is 5.73 Å². The molecule has 0 aromatic rings. The number of carbonyl (C=O) groups excluding carboxylic acids is 11. The lowest BCUT2D eigenvalue weighted by Crippen LogP contribution is -2.62. The third-order valence-corrected chi connectivity index (χ3v) is 11.3. The van der Waals surface area contributed by atoms with Crippen molar-refractivity contribution in [1.82, 2.24) is 52.7 Å². The molecule has 1 saturated heterocycles. The van der Waals surface area contributed by atoms with E-state index in [-0.39, 0.29) is 32.4 Å². The summed E-state index contributed by atoms with van der Waals surface area (Å²) >= 11 is 0. The molecule has 0 radical (unpaired) electrons. The van der Waals surface area contributed by atoms with Crippen LogP contribution in [0.25, 0.3) is 0 Å².